The van der Waals surface area contributed by atoms with Crippen LogP contribution in [0, 0.1) is 0 Å². The van der Waals surface area contributed by atoms with Crippen molar-refractivity contribution >= 4 is 16.9 Å². The van der Waals surface area contributed by atoms with Crippen LogP contribution in [-0.2, 0) is 27.4 Å². The van der Waals surface area contributed by atoms with E-state index in [0.29, 0.717) is 13.2 Å². The Morgan fingerprint density at radius 3 is 1.89 bits per heavy atom. The predicted molar refractivity (Wildman–Crippen MR) is 136 cm³/mol. The van der Waals surface area contributed by atoms with Crippen LogP contribution in [0.4, 0.5) is 0 Å². The van der Waals surface area contributed by atoms with Gasteiger partial charge in [-0.2, -0.15) is 0 Å². The number of methoxy groups -OCH3 is 2. The maximum Gasteiger partial charge on any atom is 0.159 e. The lowest BCUT2D eigenvalue weighted by atomic mass is 9.88. The van der Waals surface area contributed by atoms with Crippen LogP contribution < -0.4 is 14.8 Å². The zero-order chi connectivity index (χ0) is 25.0. The van der Waals surface area contributed by atoms with Gasteiger partial charge >= 0.3 is 0 Å². The highest BCUT2D eigenvalue weighted by atomic mass is 32.2. The van der Waals surface area contributed by atoms with E-state index in [1.807, 2.05) is 48.5 Å². The van der Waals surface area contributed by atoms with Gasteiger partial charge < -0.3 is 34.1 Å². The zero-order valence-electron chi connectivity index (χ0n) is 20.8. The highest BCUT2D eigenvalue weighted by molar-refractivity contribution is 8.14. The Balaban J connectivity index is 1.58. The molecule has 2 saturated heterocycles. The Hall–Kier alpha value is -2.30. The molecule has 0 radical (unpaired) electrons. The number of benzene rings is 2. The summed E-state index contributed by atoms with van der Waals surface area (Å²) in [4.78, 5) is 4.31. The molecule has 2 aromatic carbocycles. The average molecular weight is 503 g/mol. The maximum absolute atomic E-state index is 11.0. The van der Waals surface area contributed by atoms with E-state index < -0.39 is 23.9 Å². The van der Waals surface area contributed by atoms with E-state index >= 15 is 0 Å². The molecule has 0 spiro atoms. The molecular formula is C26H34N2O6S. The molecule has 190 valence electrons. The summed E-state index contributed by atoms with van der Waals surface area (Å²) >= 11 is 1.50. The first-order valence-corrected chi connectivity index (χ1v) is 12.5. The van der Waals surface area contributed by atoms with Crippen LogP contribution in [0.15, 0.2) is 53.5 Å². The van der Waals surface area contributed by atoms with Gasteiger partial charge in [0.05, 0.1) is 39.1 Å². The molecule has 2 heterocycles. The van der Waals surface area contributed by atoms with E-state index in [9.17, 15) is 5.11 Å². The van der Waals surface area contributed by atoms with Crippen molar-refractivity contribution in [3.8, 4) is 11.5 Å². The fourth-order valence-electron chi connectivity index (χ4n) is 4.27. The Morgan fingerprint density at radius 1 is 0.914 bits per heavy atom. The molecule has 35 heavy (non-hydrogen) atoms. The number of rotatable bonds is 9. The second kappa shape index (κ2) is 11.2. The smallest absolute Gasteiger partial charge is 0.159 e. The lowest BCUT2D eigenvalue weighted by Gasteiger charge is -2.47. The van der Waals surface area contributed by atoms with Crippen molar-refractivity contribution in [1.82, 2.24) is 5.32 Å². The van der Waals surface area contributed by atoms with Crippen LogP contribution >= 0.6 is 11.8 Å². The van der Waals surface area contributed by atoms with Crippen LogP contribution in [0.5, 0.6) is 11.5 Å². The lowest BCUT2D eigenvalue weighted by molar-refractivity contribution is -0.239. The van der Waals surface area contributed by atoms with Gasteiger partial charge in [-0.3, -0.25) is 4.99 Å². The largest absolute Gasteiger partial charge is 0.497 e. The van der Waals surface area contributed by atoms with Gasteiger partial charge in [-0.1, -0.05) is 36.0 Å². The molecule has 8 nitrogen and oxygen atoms in total. The molecule has 2 aliphatic rings. The van der Waals surface area contributed by atoms with E-state index in [-0.39, 0.29) is 11.5 Å². The molecule has 9 heteroatoms. The summed E-state index contributed by atoms with van der Waals surface area (Å²) in [5.74, 6) is 1.58. The van der Waals surface area contributed by atoms with Crippen LogP contribution in [0.2, 0.25) is 0 Å². The quantitative estimate of drug-likeness (QED) is 0.540. The Labute approximate surface area is 211 Å². The molecule has 2 aromatic rings. The fourth-order valence-corrected chi connectivity index (χ4v) is 5.35. The van der Waals surface area contributed by atoms with Crippen molar-refractivity contribution in [3.05, 3.63) is 59.7 Å². The third kappa shape index (κ3) is 6.10. The van der Waals surface area contributed by atoms with Crippen LogP contribution in [0.1, 0.15) is 25.0 Å². The minimum atomic E-state index is -1.15. The van der Waals surface area contributed by atoms with Gasteiger partial charge in [-0.05, 0) is 49.2 Å². The second-order valence-corrected chi connectivity index (χ2v) is 10.2. The van der Waals surface area contributed by atoms with Crippen molar-refractivity contribution in [3.63, 3.8) is 0 Å². The Bertz CT molecular complexity index is 992. The van der Waals surface area contributed by atoms with Crippen molar-refractivity contribution in [2.24, 2.45) is 4.99 Å². The van der Waals surface area contributed by atoms with Crippen LogP contribution in [-0.4, -0.2) is 66.9 Å². The van der Waals surface area contributed by atoms with E-state index in [0.717, 1.165) is 27.8 Å². The number of aliphatic imine (C=N–C) groups is 1. The average Bonchev–Trinajstić information content (AvgIpc) is 3.29. The molecule has 0 unspecified atom stereocenters. The number of amidine groups is 1. The molecule has 5 atom stereocenters. The zero-order valence-corrected chi connectivity index (χ0v) is 21.6. The van der Waals surface area contributed by atoms with Gasteiger partial charge in [0, 0.05) is 7.05 Å². The summed E-state index contributed by atoms with van der Waals surface area (Å²) in [6.45, 7) is 4.20. The van der Waals surface area contributed by atoms with Gasteiger partial charge in [0.1, 0.15) is 35.2 Å². The van der Waals surface area contributed by atoms with E-state index in [4.69, 9.17) is 23.7 Å². The summed E-state index contributed by atoms with van der Waals surface area (Å²) in [6, 6.07) is 15.3. The maximum atomic E-state index is 11.0. The SMILES string of the molecule is CN=C1N[C@@H]2[C@@H](OCc3ccc(OC)cc3)[C@H](OCc3ccc(OC)cc3)[C@@H](C(C)(C)O)O[C@@H]2S1. The highest BCUT2D eigenvalue weighted by Crippen LogP contribution is 2.40. The lowest BCUT2D eigenvalue weighted by Crippen LogP contribution is -2.65. The number of ether oxygens (including phenoxy) is 5. The van der Waals surface area contributed by atoms with Crippen LogP contribution in [0.3, 0.4) is 0 Å². The topological polar surface area (TPSA) is 90.8 Å². The number of thioether (sulfide) groups is 1. The van der Waals surface area contributed by atoms with Crippen molar-refractivity contribution in [1.29, 1.82) is 0 Å². The van der Waals surface area contributed by atoms with Gasteiger partial charge in [0.25, 0.3) is 0 Å². The van der Waals surface area contributed by atoms with Crippen LogP contribution in [0.25, 0.3) is 0 Å². The fraction of sp³-hybridized carbons (Fsp3) is 0.500. The molecule has 2 N–H and O–H groups in total. The van der Waals surface area contributed by atoms with Gasteiger partial charge in [-0.25, -0.2) is 0 Å². The summed E-state index contributed by atoms with van der Waals surface area (Å²) in [5, 5.41) is 15.2. The van der Waals surface area contributed by atoms with E-state index in [1.54, 1.807) is 35.1 Å². The number of hydrogen-bond acceptors (Lipinski definition) is 8. The predicted octanol–water partition coefficient (Wildman–Crippen LogP) is 3.36. The number of hydrogen-bond donors (Lipinski definition) is 2. The molecule has 0 bridgehead atoms. The normalized spacial score (nSPS) is 27.4. The van der Waals surface area contributed by atoms with Gasteiger partial charge in [0.15, 0.2) is 5.17 Å². The molecular weight excluding hydrogens is 468 g/mol. The first-order valence-electron chi connectivity index (χ1n) is 11.6. The van der Waals surface area contributed by atoms with Crippen molar-refractivity contribution in [2.45, 2.75) is 62.5 Å². The Kier molecular flexibility index (Phi) is 8.23. The summed E-state index contributed by atoms with van der Waals surface area (Å²) in [7, 11) is 5.02. The number of nitrogens with zero attached hydrogens (tertiary/aromatic N) is 1. The van der Waals surface area contributed by atoms with Crippen molar-refractivity contribution in [2.75, 3.05) is 21.3 Å². The summed E-state index contributed by atoms with van der Waals surface area (Å²) in [5.41, 5.74) is 0.592. The molecule has 2 fully saturated rings. The number of aliphatic hydroxyl groups is 1. The monoisotopic (exact) mass is 502 g/mol. The minimum absolute atomic E-state index is 0.184. The molecule has 0 saturated carbocycles. The first-order chi connectivity index (χ1) is 16.8. The second-order valence-electron chi connectivity index (χ2n) is 9.14. The molecule has 0 aliphatic carbocycles. The molecule has 0 aromatic heterocycles. The molecule has 4 rings (SSSR count). The molecule has 0 amide bonds. The summed E-state index contributed by atoms with van der Waals surface area (Å²) < 4.78 is 29.8. The Morgan fingerprint density at radius 2 is 1.43 bits per heavy atom. The first kappa shape index (κ1) is 25.8. The van der Waals surface area contributed by atoms with E-state index in [1.165, 1.54) is 11.8 Å². The summed E-state index contributed by atoms with van der Waals surface area (Å²) in [6.07, 6.45) is -1.52. The number of nitrogens with one attached hydrogen (secondary N) is 1. The highest BCUT2D eigenvalue weighted by Gasteiger charge is 2.54. The standard InChI is InChI=1S/C26H34N2O6S/c1-26(2,29)23-22(33-15-17-8-12-19(31-5)13-9-17)21(20-24(34-23)35-25(27-3)28-20)32-14-16-6-10-18(30-4)11-7-16/h6-13,20-24,29H,14-15H2,1-5H3,(H,27,28)/t20-,21-,22+,23+,24-/m1/s1. The third-order valence-corrected chi connectivity index (χ3v) is 7.33. The number of fused-ring (bicyclic) bond motifs is 1. The third-order valence-electron chi connectivity index (χ3n) is 6.17. The van der Waals surface area contributed by atoms with Gasteiger partial charge in [-0.15, -0.1) is 0 Å². The van der Waals surface area contributed by atoms with Gasteiger partial charge in [0.2, 0.25) is 0 Å². The molecule has 2 aliphatic heterocycles. The van der Waals surface area contributed by atoms with E-state index in [2.05, 4.69) is 10.3 Å². The minimum Gasteiger partial charge on any atom is -0.497 e. The van der Waals surface area contributed by atoms with Crippen molar-refractivity contribution < 1.29 is 28.8 Å².